The molecule has 0 aliphatic carbocycles. The number of ether oxygens (including phenoxy) is 2. The summed E-state index contributed by atoms with van der Waals surface area (Å²) in [5, 5.41) is 6.73. The fourth-order valence-electron chi connectivity index (χ4n) is 2.52. The van der Waals surface area contributed by atoms with Crippen LogP contribution in [0, 0.1) is 0 Å². The second kappa shape index (κ2) is 9.10. The van der Waals surface area contributed by atoms with Crippen molar-refractivity contribution < 1.29 is 14.3 Å². The van der Waals surface area contributed by atoms with Crippen molar-refractivity contribution in [1.82, 2.24) is 4.98 Å². The molecule has 0 saturated heterocycles. The van der Waals surface area contributed by atoms with Gasteiger partial charge in [-0.05, 0) is 42.0 Å². The Labute approximate surface area is 168 Å². The lowest BCUT2D eigenvalue weighted by Crippen LogP contribution is -2.13. The highest BCUT2D eigenvalue weighted by Gasteiger charge is 2.11. The third-order valence-electron chi connectivity index (χ3n) is 4.07. The Bertz CT molecular complexity index is 944. The Kier molecular flexibility index (Phi) is 6.34. The van der Waals surface area contributed by atoms with Gasteiger partial charge in [-0.2, -0.15) is 0 Å². The van der Waals surface area contributed by atoms with Gasteiger partial charge in [-0.1, -0.05) is 23.7 Å². The summed E-state index contributed by atoms with van der Waals surface area (Å²) in [5.41, 5.74) is 2.08. The van der Waals surface area contributed by atoms with Gasteiger partial charge in [0.1, 0.15) is 17.3 Å². The topological polar surface area (TPSA) is 72.5 Å². The van der Waals surface area contributed by atoms with Crippen LogP contribution in [0.15, 0.2) is 60.8 Å². The van der Waals surface area contributed by atoms with Crippen LogP contribution in [0.3, 0.4) is 0 Å². The average molecular weight is 398 g/mol. The molecule has 0 aliphatic heterocycles. The van der Waals surface area contributed by atoms with Gasteiger partial charge in [0, 0.05) is 23.8 Å². The number of halogens is 1. The van der Waals surface area contributed by atoms with Gasteiger partial charge >= 0.3 is 0 Å². The van der Waals surface area contributed by atoms with Crippen molar-refractivity contribution in [2.24, 2.45) is 0 Å². The zero-order chi connectivity index (χ0) is 19.9. The van der Waals surface area contributed by atoms with Crippen LogP contribution in [0.25, 0.3) is 0 Å². The van der Waals surface area contributed by atoms with E-state index >= 15 is 0 Å². The van der Waals surface area contributed by atoms with Gasteiger partial charge in [0.05, 0.1) is 25.5 Å². The molecule has 6 nitrogen and oxygen atoms in total. The smallest absolute Gasteiger partial charge is 0.257 e. The lowest BCUT2D eigenvalue weighted by atomic mass is 10.2. The quantitative estimate of drug-likeness (QED) is 0.608. The molecule has 0 unspecified atom stereocenters. The van der Waals surface area contributed by atoms with Crippen LogP contribution in [0.5, 0.6) is 11.5 Å². The first-order valence-corrected chi connectivity index (χ1v) is 8.94. The van der Waals surface area contributed by atoms with E-state index in [1.165, 1.54) is 13.3 Å². The molecule has 0 saturated carbocycles. The number of pyridine rings is 1. The van der Waals surface area contributed by atoms with Crippen molar-refractivity contribution in [1.29, 1.82) is 0 Å². The van der Waals surface area contributed by atoms with Crippen LogP contribution >= 0.6 is 11.6 Å². The zero-order valence-corrected chi connectivity index (χ0v) is 16.3. The third-order valence-corrected chi connectivity index (χ3v) is 4.32. The van der Waals surface area contributed by atoms with Crippen molar-refractivity contribution in [2.75, 3.05) is 24.9 Å². The van der Waals surface area contributed by atoms with Crippen LogP contribution in [0.2, 0.25) is 5.02 Å². The second-order valence-electron chi connectivity index (χ2n) is 5.93. The molecular formula is C21H20ClN3O3. The van der Waals surface area contributed by atoms with E-state index in [1.807, 2.05) is 24.3 Å². The SMILES string of the molecule is COc1ccc(NC(=O)c2ccc(NCc3ccc(Cl)cc3)nc2)c(OC)c1. The third kappa shape index (κ3) is 4.92. The highest BCUT2D eigenvalue weighted by Crippen LogP contribution is 2.29. The predicted molar refractivity (Wildman–Crippen MR) is 111 cm³/mol. The summed E-state index contributed by atoms with van der Waals surface area (Å²) in [7, 11) is 3.11. The molecule has 2 N–H and O–H groups in total. The van der Waals surface area contributed by atoms with Crippen molar-refractivity contribution in [2.45, 2.75) is 6.54 Å². The average Bonchev–Trinajstić information content (AvgIpc) is 2.74. The first kappa shape index (κ1) is 19.5. The molecule has 3 rings (SSSR count). The van der Waals surface area contributed by atoms with E-state index in [0.29, 0.717) is 40.1 Å². The standard InChI is InChI=1S/C21H20ClN3O3/c1-27-17-8-9-18(19(11-17)28-2)25-21(26)15-5-10-20(24-13-15)23-12-14-3-6-16(22)7-4-14/h3-11,13H,12H2,1-2H3,(H,23,24)(H,25,26). The lowest BCUT2D eigenvalue weighted by Gasteiger charge is -2.12. The number of methoxy groups -OCH3 is 2. The van der Waals surface area contributed by atoms with Crippen LogP contribution in [0.4, 0.5) is 11.5 Å². The van der Waals surface area contributed by atoms with E-state index < -0.39 is 0 Å². The van der Waals surface area contributed by atoms with Crippen LogP contribution in [-0.4, -0.2) is 25.1 Å². The summed E-state index contributed by atoms with van der Waals surface area (Å²) >= 11 is 5.88. The summed E-state index contributed by atoms with van der Waals surface area (Å²) < 4.78 is 10.5. The van der Waals surface area contributed by atoms with E-state index in [0.717, 1.165) is 5.56 Å². The Morgan fingerprint density at radius 2 is 1.82 bits per heavy atom. The highest BCUT2D eigenvalue weighted by atomic mass is 35.5. The number of carbonyl (C=O) groups is 1. The number of rotatable bonds is 7. The second-order valence-corrected chi connectivity index (χ2v) is 6.37. The van der Waals surface area contributed by atoms with Crippen molar-refractivity contribution >= 4 is 29.0 Å². The molecule has 1 aromatic heterocycles. The summed E-state index contributed by atoms with van der Waals surface area (Å²) in [6.45, 7) is 0.610. The molecule has 0 fully saturated rings. The van der Waals surface area contributed by atoms with Crippen LogP contribution in [0.1, 0.15) is 15.9 Å². The van der Waals surface area contributed by atoms with Crippen LogP contribution in [-0.2, 0) is 6.54 Å². The Morgan fingerprint density at radius 3 is 2.46 bits per heavy atom. The van der Waals surface area contributed by atoms with Gasteiger partial charge in [0.2, 0.25) is 0 Å². The summed E-state index contributed by atoms with van der Waals surface area (Å²) in [4.78, 5) is 16.8. The number of anilines is 2. The molecule has 144 valence electrons. The van der Waals surface area contributed by atoms with Gasteiger partial charge in [0.25, 0.3) is 5.91 Å². The maximum absolute atomic E-state index is 12.5. The van der Waals surface area contributed by atoms with E-state index in [1.54, 1.807) is 37.4 Å². The number of nitrogens with zero attached hydrogens (tertiary/aromatic N) is 1. The molecule has 3 aromatic rings. The lowest BCUT2D eigenvalue weighted by molar-refractivity contribution is 0.102. The van der Waals surface area contributed by atoms with E-state index in [-0.39, 0.29) is 5.91 Å². The summed E-state index contributed by atoms with van der Waals surface area (Å²) in [6, 6.07) is 16.2. The number of benzene rings is 2. The molecule has 0 bridgehead atoms. The van der Waals surface area contributed by atoms with Gasteiger partial charge < -0.3 is 20.1 Å². The highest BCUT2D eigenvalue weighted by molar-refractivity contribution is 6.30. The number of nitrogens with one attached hydrogen (secondary N) is 2. The largest absolute Gasteiger partial charge is 0.497 e. The number of aromatic nitrogens is 1. The summed E-state index contributed by atoms with van der Waals surface area (Å²) in [5.74, 6) is 1.56. The fourth-order valence-corrected chi connectivity index (χ4v) is 2.65. The molecule has 0 atom stereocenters. The molecule has 7 heteroatoms. The molecule has 0 spiro atoms. The Morgan fingerprint density at radius 1 is 1.04 bits per heavy atom. The molecule has 0 radical (unpaired) electrons. The van der Waals surface area contributed by atoms with Gasteiger partial charge in [-0.25, -0.2) is 4.98 Å². The van der Waals surface area contributed by atoms with Crippen molar-refractivity contribution in [3.63, 3.8) is 0 Å². The number of carbonyl (C=O) groups excluding carboxylic acids is 1. The van der Waals surface area contributed by atoms with E-state index in [2.05, 4.69) is 15.6 Å². The normalized spacial score (nSPS) is 10.2. The Balaban J connectivity index is 1.62. The number of hydrogen-bond donors (Lipinski definition) is 2. The number of hydrogen-bond acceptors (Lipinski definition) is 5. The predicted octanol–water partition coefficient (Wildman–Crippen LogP) is 4.62. The van der Waals surface area contributed by atoms with Gasteiger partial charge in [-0.3, -0.25) is 4.79 Å². The van der Waals surface area contributed by atoms with E-state index in [4.69, 9.17) is 21.1 Å². The molecule has 28 heavy (non-hydrogen) atoms. The molecule has 1 heterocycles. The van der Waals surface area contributed by atoms with Crippen molar-refractivity contribution in [3.05, 3.63) is 76.9 Å². The molecule has 0 aliphatic rings. The van der Waals surface area contributed by atoms with Crippen LogP contribution < -0.4 is 20.1 Å². The Hall–Kier alpha value is -3.25. The van der Waals surface area contributed by atoms with Crippen molar-refractivity contribution in [3.8, 4) is 11.5 Å². The maximum Gasteiger partial charge on any atom is 0.257 e. The minimum absolute atomic E-state index is 0.278. The van der Waals surface area contributed by atoms with Gasteiger partial charge in [0.15, 0.2) is 0 Å². The summed E-state index contributed by atoms with van der Waals surface area (Å²) in [6.07, 6.45) is 1.52. The van der Waals surface area contributed by atoms with Gasteiger partial charge in [-0.15, -0.1) is 0 Å². The molecule has 2 aromatic carbocycles. The minimum atomic E-state index is -0.278. The first-order valence-electron chi connectivity index (χ1n) is 8.57. The van der Waals surface area contributed by atoms with E-state index in [9.17, 15) is 4.79 Å². The number of amides is 1. The monoisotopic (exact) mass is 397 g/mol. The molecular weight excluding hydrogens is 378 g/mol. The fraction of sp³-hybridized carbons (Fsp3) is 0.143. The molecule has 1 amide bonds. The zero-order valence-electron chi connectivity index (χ0n) is 15.5. The first-order chi connectivity index (χ1) is 13.6. The minimum Gasteiger partial charge on any atom is -0.497 e. The maximum atomic E-state index is 12.5.